The van der Waals surface area contributed by atoms with E-state index < -0.39 is 0 Å². The maximum absolute atomic E-state index is 13.5. The molecule has 0 saturated heterocycles. The van der Waals surface area contributed by atoms with Crippen molar-refractivity contribution in [3.8, 4) is 11.5 Å². The van der Waals surface area contributed by atoms with E-state index in [-0.39, 0.29) is 24.2 Å². The van der Waals surface area contributed by atoms with E-state index >= 15 is 0 Å². The molecule has 0 bridgehead atoms. The highest BCUT2D eigenvalue weighted by atomic mass is 79.9. The number of ether oxygens (including phenoxy) is 2. The zero-order valence-corrected chi connectivity index (χ0v) is 14.7. The minimum atomic E-state index is -0.346. The number of rotatable bonds is 4. The predicted octanol–water partition coefficient (Wildman–Crippen LogP) is 3.78. The van der Waals surface area contributed by atoms with Gasteiger partial charge in [-0.1, -0.05) is 12.1 Å². The van der Waals surface area contributed by atoms with E-state index in [2.05, 4.69) is 21.2 Å². The molecule has 1 amide bonds. The molecule has 1 aliphatic heterocycles. The van der Waals surface area contributed by atoms with E-state index in [1.165, 1.54) is 6.07 Å². The van der Waals surface area contributed by atoms with Gasteiger partial charge in [0.05, 0.1) is 10.4 Å². The standard InChI is InChI=1S/C18H17BrFNO3/c1-11(13-3-5-16-17(9-13)24-7-6-23-16)18(22)21-10-12-2-4-14(19)15(20)8-12/h2-5,8-9,11H,6-7,10H2,1H3,(H,21,22). The zero-order chi connectivity index (χ0) is 17.1. The molecule has 1 unspecified atom stereocenters. The van der Waals surface area contributed by atoms with Crippen LogP contribution in [-0.4, -0.2) is 19.1 Å². The van der Waals surface area contributed by atoms with Crippen molar-refractivity contribution in [2.75, 3.05) is 13.2 Å². The highest BCUT2D eigenvalue weighted by molar-refractivity contribution is 9.10. The lowest BCUT2D eigenvalue weighted by Crippen LogP contribution is -2.27. The molecule has 0 fully saturated rings. The van der Waals surface area contributed by atoms with Gasteiger partial charge in [-0.15, -0.1) is 0 Å². The van der Waals surface area contributed by atoms with E-state index in [0.29, 0.717) is 34.7 Å². The van der Waals surface area contributed by atoms with Gasteiger partial charge in [0.15, 0.2) is 11.5 Å². The van der Waals surface area contributed by atoms with Crippen LogP contribution >= 0.6 is 15.9 Å². The van der Waals surface area contributed by atoms with Crippen LogP contribution in [0.5, 0.6) is 11.5 Å². The summed E-state index contributed by atoms with van der Waals surface area (Å²) in [6.07, 6.45) is 0. The highest BCUT2D eigenvalue weighted by Crippen LogP contribution is 2.33. The third-order valence-electron chi connectivity index (χ3n) is 3.91. The normalized spacial score (nSPS) is 14.1. The number of carbonyl (C=O) groups excluding carboxylic acids is 1. The Labute approximate surface area is 148 Å². The molecule has 126 valence electrons. The van der Waals surface area contributed by atoms with E-state index in [9.17, 15) is 9.18 Å². The topological polar surface area (TPSA) is 47.6 Å². The first kappa shape index (κ1) is 16.8. The van der Waals surface area contributed by atoms with Crippen LogP contribution in [0.3, 0.4) is 0 Å². The van der Waals surface area contributed by atoms with Gasteiger partial charge in [0, 0.05) is 6.54 Å². The SMILES string of the molecule is CC(C(=O)NCc1ccc(Br)c(F)c1)c1ccc2c(c1)OCCO2. The van der Waals surface area contributed by atoms with Crippen LogP contribution in [0.25, 0.3) is 0 Å². The lowest BCUT2D eigenvalue weighted by molar-refractivity contribution is -0.122. The first-order valence-electron chi connectivity index (χ1n) is 7.66. The number of carbonyl (C=O) groups is 1. The van der Waals surface area contributed by atoms with Gasteiger partial charge in [-0.2, -0.15) is 0 Å². The van der Waals surface area contributed by atoms with Crippen LogP contribution in [0.15, 0.2) is 40.9 Å². The van der Waals surface area contributed by atoms with Crippen LogP contribution in [0.2, 0.25) is 0 Å². The molecule has 0 saturated carbocycles. The Bertz CT molecular complexity index is 766. The van der Waals surface area contributed by atoms with Crippen molar-refractivity contribution >= 4 is 21.8 Å². The summed E-state index contributed by atoms with van der Waals surface area (Å²) in [5.74, 6) is 0.536. The lowest BCUT2D eigenvalue weighted by Gasteiger charge is -2.20. The molecule has 0 aromatic heterocycles. The van der Waals surface area contributed by atoms with Crippen molar-refractivity contribution in [1.82, 2.24) is 5.32 Å². The maximum atomic E-state index is 13.5. The molecule has 1 atom stereocenters. The molecule has 0 spiro atoms. The molecule has 2 aromatic carbocycles. The van der Waals surface area contributed by atoms with Gasteiger partial charge in [-0.25, -0.2) is 4.39 Å². The Morgan fingerprint density at radius 3 is 2.71 bits per heavy atom. The third kappa shape index (κ3) is 3.70. The Morgan fingerprint density at radius 2 is 1.96 bits per heavy atom. The summed E-state index contributed by atoms with van der Waals surface area (Å²) in [6.45, 7) is 3.14. The average molecular weight is 394 g/mol. The summed E-state index contributed by atoms with van der Waals surface area (Å²) < 4.78 is 24.9. The minimum absolute atomic E-state index is 0.130. The first-order valence-corrected chi connectivity index (χ1v) is 8.45. The van der Waals surface area contributed by atoms with Crippen molar-refractivity contribution in [3.63, 3.8) is 0 Å². The molecule has 1 aliphatic rings. The van der Waals surface area contributed by atoms with Crippen molar-refractivity contribution in [2.24, 2.45) is 0 Å². The average Bonchev–Trinajstić information content (AvgIpc) is 2.61. The molecular formula is C18H17BrFNO3. The van der Waals surface area contributed by atoms with Gasteiger partial charge in [0.1, 0.15) is 19.0 Å². The van der Waals surface area contributed by atoms with Crippen LogP contribution in [0.1, 0.15) is 24.0 Å². The second-order valence-electron chi connectivity index (χ2n) is 5.59. The molecule has 4 nitrogen and oxygen atoms in total. The first-order chi connectivity index (χ1) is 11.5. The van der Waals surface area contributed by atoms with Crippen molar-refractivity contribution in [1.29, 1.82) is 0 Å². The Morgan fingerprint density at radius 1 is 1.21 bits per heavy atom. The molecule has 3 rings (SSSR count). The molecule has 1 N–H and O–H groups in total. The number of halogens is 2. The monoisotopic (exact) mass is 393 g/mol. The van der Waals surface area contributed by atoms with E-state index in [1.807, 2.05) is 25.1 Å². The largest absolute Gasteiger partial charge is 0.486 e. The lowest BCUT2D eigenvalue weighted by atomic mass is 9.99. The number of fused-ring (bicyclic) bond motifs is 1. The third-order valence-corrected chi connectivity index (χ3v) is 4.55. The van der Waals surface area contributed by atoms with Crippen molar-refractivity contribution < 1.29 is 18.7 Å². The molecular weight excluding hydrogens is 377 g/mol. The van der Waals surface area contributed by atoms with Gasteiger partial charge in [-0.3, -0.25) is 4.79 Å². The summed E-state index contributed by atoms with van der Waals surface area (Å²) in [7, 11) is 0. The van der Waals surface area contributed by atoms with Gasteiger partial charge in [0.25, 0.3) is 0 Å². The smallest absolute Gasteiger partial charge is 0.227 e. The predicted molar refractivity (Wildman–Crippen MR) is 91.8 cm³/mol. The fraction of sp³-hybridized carbons (Fsp3) is 0.278. The quantitative estimate of drug-likeness (QED) is 0.859. The van der Waals surface area contributed by atoms with E-state index in [4.69, 9.17) is 9.47 Å². The fourth-order valence-corrected chi connectivity index (χ4v) is 2.72. The second-order valence-corrected chi connectivity index (χ2v) is 6.45. The van der Waals surface area contributed by atoms with Crippen molar-refractivity contribution in [2.45, 2.75) is 19.4 Å². The summed E-state index contributed by atoms with van der Waals surface area (Å²) >= 11 is 3.11. The number of hydrogen-bond donors (Lipinski definition) is 1. The second kappa shape index (κ2) is 7.21. The Kier molecular flexibility index (Phi) is 5.04. The van der Waals surface area contributed by atoms with E-state index in [1.54, 1.807) is 12.1 Å². The highest BCUT2D eigenvalue weighted by Gasteiger charge is 2.19. The van der Waals surface area contributed by atoms with Gasteiger partial charge in [0.2, 0.25) is 5.91 Å². The summed E-state index contributed by atoms with van der Waals surface area (Å²) in [6, 6.07) is 10.3. The Balaban J connectivity index is 1.65. The van der Waals surface area contributed by atoms with Crippen molar-refractivity contribution in [3.05, 3.63) is 57.8 Å². The summed E-state index contributed by atoms with van der Waals surface area (Å²) in [4.78, 5) is 12.4. The molecule has 0 radical (unpaired) electrons. The van der Waals surface area contributed by atoms with Crippen LogP contribution in [-0.2, 0) is 11.3 Å². The molecule has 24 heavy (non-hydrogen) atoms. The van der Waals surface area contributed by atoms with Crippen LogP contribution in [0, 0.1) is 5.82 Å². The number of hydrogen-bond acceptors (Lipinski definition) is 3. The van der Waals surface area contributed by atoms with E-state index in [0.717, 1.165) is 5.56 Å². The number of amides is 1. The zero-order valence-electron chi connectivity index (χ0n) is 13.1. The van der Waals surface area contributed by atoms with Crippen LogP contribution in [0.4, 0.5) is 4.39 Å². The molecule has 0 aliphatic carbocycles. The summed E-state index contributed by atoms with van der Waals surface area (Å²) in [5, 5.41) is 2.83. The summed E-state index contributed by atoms with van der Waals surface area (Å²) in [5.41, 5.74) is 1.55. The number of benzene rings is 2. The molecule has 1 heterocycles. The number of nitrogens with one attached hydrogen (secondary N) is 1. The Hall–Kier alpha value is -2.08. The molecule has 2 aromatic rings. The van der Waals surface area contributed by atoms with Gasteiger partial charge < -0.3 is 14.8 Å². The fourth-order valence-electron chi connectivity index (χ4n) is 2.47. The van der Waals surface area contributed by atoms with Gasteiger partial charge >= 0.3 is 0 Å². The van der Waals surface area contributed by atoms with Gasteiger partial charge in [-0.05, 0) is 58.2 Å². The van der Waals surface area contributed by atoms with Crippen LogP contribution < -0.4 is 14.8 Å². The minimum Gasteiger partial charge on any atom is -0.486 e. The molecule has 6 heteroatoms. The maximum Gasteiger partial charge on any atom is 0.227 e.